The highest BCUT2D eigenvalue weighted by Crippen LogP contribution is 2.17. The molecule has 0 amide bonds. The largest absolute Gasteiger partial charge is 0.301 e. The molecule has 0 aliphatic carbocycles. The molecule has 1 heterocycles. The van der Waals surface area contributed by atoms with Crippen LogP contribution in [0.15, 0.2) is 0 Å². The lowest BCUT2D eigenvalue weighted by molar-refractivity contribution is 0.143. The number of alkyl halides is 1. The first kappa shape index (κ1) is 14.2. The quantitative estimate of drug-likeness (QED) is 0.714. The summed E-state index contributed by atoms with van der Waals surface area (Å²) in [6.45, 7) is 5.73. The van der Waals surface area contributed by atoms with E-state index in [0.29, 0.717) is 19.1 Å². The molecule has 6 heteroatoms. The van der Waals surface area contributed by atoms with Crippen molar-refractivity contribution in [2.24, 2.45) is 0 Å². The van der Waals surface area contributed by atoms with Crippen LogP contribution in [0.4, 0.5) is 0 Å². The van der Waals surface area contributed by atoms with Crippen molar-refractivity contribution in [2.45, 2.75) is 31.6 Å². The van der Waals surface area contributed by atoms with E-state index in [4.69, 9.17) is 11.6 Å². The summed E-state index contributed by atoms with van der Waals surface area (Å²) < 4.78 is 25.8. The molecule has 1 aliphatic rings. The van der Waals surface area contributed by atoms with Crippen molar-refractivity contribution < 1.29 is 8.42 Å². The van der Waals surface area contributed by atoms with Crippen LogP contribution in [0.3, 0.4) is 0 Å². The number of nitrogens with zero attached hydrogens (tertiary/aromatic N) is 2. The minimum atomic E-state index is -3.20. The smallest absolute Gasteiger partial charge is 0.217 e. The fraction of sp³-hybridized carbons (Fsp3) is 1.00. The zero-order valence-electron chi connectivity index (χ0n) is 10.2. The Morgan fingerprint density at radius 1 is 1.44 bits per heavy atom. The number of rotatable bonds is 4. The molecule has 16 heavy (non-hydrogen) atoms. The Balaban J connectivity index is 2.75. The summed E-state index contributed by atoms with van der Waals surface area (Å²) in [5, 5.41) is -0.491. The van der Waals surface area contributed by atoms with Crippen molar-refractivity contribution in [3.05, 3.63) is 0 Å². The number of hydrogen-bond acceptors (Lipinski definition) is 3. The molecule has 0 aromatic heterocycles. The SMILES string of the molecule is CCC1CN(S(=O)(=O)C(C)CCl)CCN1C. The molecule has 4 nitrogen and oxygen atoms in total. The molecule has 0 spiro atoms. The molecule has 0 saturated carbocycles. The van der Waals surface area contributed by atoms with Crippen LogP contribution in [-0.2, 0) is 10.0 Å². The maximum Gasteiger partial charge on any atom is 0.217 e. The van der Waals surface area contributed by atoms with E-state index in [9.17, 15) is 8.42 Å². The molecule has 0 aromatic rings. The monoisotopic (exact) mass is 268 g/mol. The van der Waals surface area contributed by atoms with E-state index in [1.165, 1.54) is 0 Å². The fourth-order valence-corrected chi connectivity index (χ4v) is 3.79. The molecule has 0 aromatic carbocycles. The van der Waals surface area contributed by atoms with Crippen molar-refractivity contribution in [2.75, 3.05) is 32.6 Å². The topological polar surface area (TPSA) is 40.6 Å². The van der Waals surface area contributed by atoms with E-state index in [0.717, 1.165) is 13.0 Å². The van der Waals surface area contributed by atoms with Gasteiger partial charge in [-0.1, -0.05) is 6.92 Å². The minimum absolute atomic E-state index is 0.158. The highest BCUT2D eigenvalue weighted by molar-refractivity contribution is 7.89. The first-order chi connectivity index (χ1) is 7.43. The van der Waals surface area contributed by atoms with Crippen molar-refractivity contribution >= 4 is 21.6 Å². The van der Waals surface area contributed by atoms with Crippen molar-refractivity contribution in [1.29, 1.82) is 0 Å². The molecule has 1 fully saturated rings. The summed E-state index contributed by atoms with van der Waals surface area (Å²) in [4.78, 5) is 2.22. The zero-order valence-corrected chi connectivity index (χ0v) is 11.8. The average molecular weight is 269 g/mol. The Morgan fingerprint density at radius 2 is 2.06 bits per heavy atom. The molecule has 1 aliphatic heterocycles. The van der Waals surface area contributed by atoms with Gasteiger partial charge in [-0.2, -0.15) is 4.31 Å². The third-order valence-corrected chi connectivity index (χ3v) is 6.18. The molecular weight excluding hydrogens is 248 g/mol. The van der Waals surface area contributed by atoms with Crippen LogP contribution in [0, 0.1) is 0 Å². The first-order valence-corrected chi connectivity index (χ1v) is 7.72. The zero-order chi connectivity index (χ0) is 12.3. The predicted octanol–water partition coefficient (Wildman–Crippen LogP) is 0.970. The lowest BCUT2D eigenvalue weighted by atomic mass is 10.1. The summed E-state index contributed by atoms with van der Waals surface area (Å²) in [6, 6.07) is 0.325. The lowest BCUT2D eigenvalue weighted by Gasteiger charge is -2.39. The first-order valence-electron chi connectivity index (χ1n) is 5.68. The number of halogens is 1. The van der Waals surface area contributed by atoms with E-state index in [2.05, 4.69) is 11.8 Å². The van der Waals surface area contributed by atoms with E-state index in [1.54, 1.807) is 11.2 Å². The molecule has 1 saturated heterocycles. The third-order valence-electron chi connectivity index (χ3n) is 3.30. The van der Waals surface area contributed by atoms with Crippen molar-refractivity contribution in [3.8, 4) is 0 Å². The van der Waals surface area contributed by atoms with Crippen LogP contribution >= 0.6 is 11.6 Å². The van der Waals surface area contributed by atoms with Gasteiger partial charge in [0.1, 0.15) is 0 Å². The predicted molar refractivity (Wildman–Crippen MR) is 67.4 cm³/mol. The van der Waals surface area contributed by atoms with Crippen LogP contribution in [0.2, 0.25) is 0 Å². The van der Waals surface area contributed by atoms with Crippen LogP contribution in [-0.4, -0.2) is 61.5 Å². The van der Waals surface area contributed by atoms with Crippen LogP contribution < -0.4 is 0 Å². The van der Waals surface area contributed by atoms with Gasteiger partial charge in [0, 0.05) is 31.6 Å². The number of hydrogen-bond donors (Lipinski definition) is 0. The summed E-state index contributed by atoms with van der Waals surface area (Å²) >= 11 is 5.64. The normalized spacial score (nSPS) is 26.9. The van der Waals surface area contributed by atoms with Gasteiger partial charge in [0.05, 0.1) is 5.25 Å². The molecule has 0 radical (unpaired) electrons. The van der Waals surface area contributed by atoms with Crippen LogP contribution in [0.5, 0.6) is 0 Å². The molecule has 0 bridgehead atoms. The van der Waals surface area contributed by atoms with E-state index >= 15 is 0 Å². The summed E-state index contributed by atoms with van der Waals surface area (Å²) in [5.41, 5.74) is 0. The summed E-state index contributed by atoms with van der Waals surface area (Å²) in [6.07, 6.45) is 0.970. The highest BCUT2D eigenvalue weighted by Gasteiger charge is 2.33. The third kappa shape index (κ3) is 2.88. The molecular formula is C10H21ClN2O2S. The number of sulfonamides is 1. The molecule has 2 unspecified atom stereocenters. The van der Waals surface area contributed by atoms with E-state index < -0.39 is 15.3 Å². The van der Waals surface area contributed by atoms with Gasteiger partial charge in [-0.3, -0.25) is 0 Å². The van der Waals surface area contributed by atoms with Crippen LogP contribution in [0.1, 0.15) is 20.3 Å². The maximum atomic E-state index is 12.1. The average Bonchev–Trinajstić information content (AvgIpc) is 2.28. The van der Waals surface area contributed by atoms with Gasteiger partial charge in [0.2, 0.25) is 10.0 Å². The second kappa shape index (κ2) is 5.67. The van der Waals surface area contributed by atoms with Crippen molar-refractivity contribution in [1.82, 2.24) is 9.21 Å². The Hall–Kier alpha value is 0.160. The molecule has 96 valence electrons. The van der Waals surface area contributed by atoms with Gasteiger partial charge in [0.25, 0.3) is 0 Å². The maximum absolute atomic E-state index is 12.1. The van der Waals surface area contributed by atoms with Gasteiger partial charge < -0.3 is 4.90 Å². The standard InChI is InChI=1S/C10H21ClN2O2S/c1-4-10-8-13(6-5-12(10)3)16(14,15)9(2)7-11/h9-10H,4-8H2,1-3H3. The number of likely N-dealkylation sites (N-methyl/N-ethyl adjacent to an activating group) is 1. The van der Waals surface area contributed by atoms with Crippen molar-refractivity contribution in [3.63, 3.8) is 0 Å². The van der Waals surface area contributed by atoms with E-state index in [1.807, 2.05) is 7.05 Å². The van der Waals surface area contributed by atoms with Gasteiger partial charge in [0.15, 0.2) is 0 Å². The lowest BCUT2D eigenvalue weighted by Crippen LogP contribution is -2.54. The second-order valence-corrected chi connectivity index (χ2v) is 7.07. The minimum Gasteiger partial charge on any atom is -0.301 e. The number of piperazine rings is 1. The Bertz CT molecular complexity index is 321. The van der Waals surface area contributed by atoms with Crippen LogP contribution in [0.25, 0.3) is 0 Å². The Morgan fingerprint density at radius 3 is 2.56 bits per heavy atom. The molecule has 0 N–H and O–H groups in total. The Kier molecular flexibility index (Phi) is 5.04. The van der Waals surface area contributed by atoms with Gasteiger partial charge in [-0.15, -0.1) is 11.6 Å². The molecule has 2 atom stereocenters. The van der Waals surface area contributed by atoms with Gasteiger partial charge in [-0.25, -0.2) is 8.42 Å². The summed E-state index contributed by atoms with van der Waals surface area (Å²) in [7, 11) is -1.16. The fourth-order valence-electron chi connectivity index (χ4n) is 1.92. The molecule has 1 rings (SSSR count). The van der Waals surface area contributed by atoms with Gasteiger partial charge >= 0.3 is 0 Å². The Labute approximate surface area is 104 Å². The summed E-state index contributed by atoms with van der Waals surface area (Å²) in [5.74, 6) is 0.158. The second-order valence-electron chi connectivity index (χ2n) is 4.41. The highest BCUT2D eigenvalue weighted by atomic mass is 35.5. The van der Waals surface area contributed by atoms with E-state index in [-0.39, 0.29) is 5.88 Å². The van der Waals surface area contributed by atoms with Gasteiger partial charge in [-0.05, 0) is 20.4 Å².